The Morgan fingerprint density at radius 1 is 1.33 bits per heavy atom. The molecule has 1 fully saturated rings. The fourth-order valence-electron chi connectivity index (χ4n) is 3.79. The molecule has 1 aromatic rings. The summed E-state index contributed by atoms with van der Waals surface area (Å²) in [4.78, 5) is 18.9. The van der Waals surface area contributed by atoms with Gasteiger partial charge < -0.3 is 20.6 Å². The minimum Gasteiger partial charge on any atom is -0.389 e. The standard InChI is InChI=1S/C21H34N4O2/c1-21(2,27)14-25(5)19-12-18(23-4)17(22-3)11-16(19)20(26)24-13-15-9-7-6-8-10-15/h11-12,15,23,27H,3,6-10,13-14H2,1-2,4-5H3,(H,24,26). The number of carbonyl (C=O) groups excluding carboxylic acids is 1. The molecule has 1 amide bonds. The first kappa shape index (κ1) is 21.2. The summed E-state index contributed by atoms with van der Waals surface area (Å²) >= 11 is 0. The summed E-state index contributed by atoms with van der Waals surface area (Å²) in [6.07, 6.45) is 6.17. The Hall–Kier alpha value is -2.08. The molecule has 0 atom stereocenters. The largest absolute Gasteiger partial charge is 0.389 e. The molecule has 2 rings (SSSR count). The predicted molar refractivity (Wildman–Crippen MR) is 114 cm³/mol. The maximum absolute atomic E-state index is 13.0. The highest BCUT2D eigenvalue weighted by Crippen LogP contribution is 2.34. The van der Waals surface area contributed by atoms with Crippen LogP contribution in [0.25, 0.3) is 0 Å². The van der Waals surface area contributed by atoms with Crippen LogP contribution >= 0.6 is 0 Å². The number of hydrogen-bond acceptors (Lipinski definition) is 5. The molecule has 0 radical (unpaired) electrons. The summed E-state index contributed by atoms with van der Waals surface area (Å²) in [6, 6.07) is 3.66. The van der Waals surface area contributed by atoms with E-state index in [4.69, 9.17) is 0 Å². The van der Waals surface area contributed by atoms with Gasteiger partial charge >= 0.3 is 0 Å². The van der Waals surface area contributed by atoms with Crippen molar-refractivity contribution in [2.24, 2.45) is 10.9 Å². The lowest BCUT2D eigenvalue weighted by Gasteiger charge is -2.29. The van der Waals surface area contributed by atoms with Crippen LogP contribution in [-0.4, -0.2) is 50.5 Å². The van der Waals surface area contributed by atoms with Crippen LogP contribution < -0.4 is 15.5 Å². The Morgan fingerprint density at radius 2 is 2.00 bits per heavy atom. The monoisotopic (exact) mass is 374 g/mol. The number of carbonyl (C=O) groups is 1. The Labute approximate surface area is 163 Å². The number of amides is 1. The second-order valence-electron chi connectivity index (χ2n) is 8.18. The van der Waals surface area contributed by atoms with Gasteiger partial charge in [0.2, 0.25) is 0 Å². The van der Waals surface area contributed by atoms with Crippen molar-refractivity contribution in [3.63, 3.8) is 0 Å². The maximum atomic E-state index is 13.0. The summed E-state index contributed by atoms with van der Waals surface area (Å²) in [5, 5.41) is 16.4. The van der Waals surface area contributed by atoms with E-state index in [-0.39, 0.29) is 5.91 Å². The van der Waals surface area contributed by atoms with Crippen LogP contribution in [-0.2, 0) is 0 Å². The molecular weight excluding hydrogens is 340 g/mol. The third-order valence-corrected chi connectivity index (χ3v) is 5.11. The van der Waals surface area contributed by atoms with E-state index in [9.17, 15) is 9.90 Å². The summed E-state index contributed by atoms with van der Waals surface area (Å²) in [5.74, 6) is 0.458. The average molecular weight is 375 g/mol. The molecule has 1 aliphatic carbocycles. The number of hydrogen-bond donors (Lipinski definition) is 3. The van der Waals surface area contributed by atoms with E-state index in [1.165, 1.54) is 32.1 Å². The topological polar surface area (TPSA) is 77.0 Å². The van der Waals surface area contributed by atoms with Gasteiger partial charge in [-0.25, -0.2) is 0 Å². The number of nitrogens with one attached hydrogen (secondary N) is 2. The minimum atomic E-state index is -0.875. The van der Waals surface area contributed by atoms with Crippen LogP contribution in [0.15, 0.2) is 17.1 Å². The highest BCUT2D eigenvalue weighted by atomic mass is 16.3. The predicted octanol–water partition coefficient (Wildman–Crippen LogP) is 3.58. The Kier molecular flexibility index (Phi) is 7.25. The zero-order valence-corrected chi connectivity index (χ0v) is 17.1. The van der Waals surface area contributed by atoms with Gasteiger partial charge in [0, 0.05) is 27.2 Å². The summed E-state index contributed by atoms with van der Waals surface area (Å²) in [5.41, 5.74) is 1.88. The van der Waals surface area contributed by atoms with E-state index < -0.39 is 5.60 Å². The lowest BCUT2D eigenvalue weighted by atomic mass is 9.89. The van der Waals surface area contributed by atoms with Crippen LogP contribution in [0.3, 0.4) is 0 Å². The van der Waals surface area contributed by atoms with Gasteiger partial charge in [0.25, 0.3) is 5.91 Å². The van der Waals surface area contributed by atoms with Gasteiger partial charge in [-0.15, -0.1) is 0 Å². The molecule has 0 saturated heterocycles. The van der Waals surface area contributed by atoms with Gasteiger partial charge in [-0.05, 0) is 51.5 Å². The Bertz CT molecular complexity index is 661. The van der Waals surface area contributed by atoms with Gasteiger partial charge in [0.1, 0.15) is 0 Å². The van der Waals surface area contributed by atoms with E-state index in [0.29, 0.717) is 30.3 Å². The van der Waals surface area contributed by atoms with E-state index in [1.54, 1.807) is 19.9 Å². The van der Waals surface area contributed by atoms with E-state index >= 15 is 0 Å². The van der Waals surface area contributed by atoms with Crippen LogP contribution in [0.4, 0.5) is 17.1 Å². The van der Waals surface area contributed by atoms with Crippen molar-refractivity contribution < 1.29 is 9.90 Å². The molecule has 3 N–H and O–H groups in total. The highest BCUT2D eigenvalue weighted by Gasteiger charge is 2.23. The zero-order valence-electron chi connectivity index (χ0n) is 17.1. The second-order valence-corrected chi connectivity index (χ2v) is 8.18. The first-order valence-electron chi connectivity index (χ1n) is 9.79. The Balaban J connectivity index is 2.27. The smallest absolute Gasteiger partial charge is 0.253 e. The van der Waals surface area contributed by atoms with Crippen LogP contribution in [0.1, 0.15) is 56.3 Å². The van der Waals surface area contributed by atoms with Crippen LogP contribution in [0.5, 0.6) is 0 Å². The second kappa shape index (κ2) is 9.22. The van der Waals surface area contributed by atoms with Crippen molar-refractivity contribution in [1.29, 1.82) is 0 Å². The molecule has 0 bridgehead atoms. The lowest BCUT2D eigenvalue weighted by molar-refractivity contribution is 0.0878. The third kappa shape index (κ3) is 5.96. The van der Waals surface area contributed by atoms with Crippen molar-refractivity contribution >= 4 is 29.7 Å². The molecule has 1 aliphatic rings. The highest BCUT2D eigenvalue weighted by molar-refractivity contribution is 6.02. The average Bonchev–Trinajstić information content (AvgIpc) is 2.64. The zero-order chi connectivity index (χ0) is 20.0. The van der Waals surface area contributed by atoms with Gasteiger partial charge in [-0.1, -0.05) is 19.3 Å². The number of aliphatic imine (C=N–C) groups is 1. The minimum absolute atomic E-state index is 0.106. The number of rotatable bonds is 8. The number of nitrogens with zero attached hydrogens (tertiary/aromatic N) is 2. The number of aliphatic hydroxyl groups is 1. The number of anilines is 2. The summed E-state index contributed by atoms with van der Waals surface area (Å²) in [7, 11) is 3.69. The molecule has 0 aromatic heterocycles. The normalized spacial score (nSPS) is 15.3. The van der Waals surface area contributed by atoms with Gasteiger partial charge in [-0.3, -0.25) is 9.79 Å². The number of benzene rings is 1. The summed E-state index contributed by atoms with van der Waals surface area (Å²) < 4.78 is 0. The molecule has 0 heterocycles. The SMILES string of the molecule is C=Nc1cc(C(=O)NCC2CCCCC2)c(N(C)CC(C)(C)O)cc1NC. The molecule has 27 heavy (non-hydrogen) atoms. The maximum Gasteiger partial charge on any atom is 0.253 e. The van der Waals surface area contributed by atoms with Crippen molar-refractivity contribution in [1.82, 2.24) is 5.32 Å². The molecule has 1 saturated carbocycles. The van der Waals surface area contributed by atoms with Crippen molar-refractivity contribution in [3.05, 3.63) is 17.7 Å². The molecule has 0 spiro atoms. The molecule has 0 aliphatic heterocycles. The van der Waals surface area contributed by atoms with E-state index in [1.807, 2.05) is 25.1 Å². The van der Waals surface area contributed by atoms with Gasteiger partial charge in [0.15, 0.2) is 0 Å². The van der Waals surface area contributed by atoms with Gasteiger partial charge in [0.05, 0.1) is 28.2 Å². The molecule has 6 nitrogen and oxygen atoms in total. The first-order valence-corrected chi connectivity index (χ1v) is 9.79. The quantitative estimate of drug-likeness (QED) is 0.608. The van der Waals surface area contributed by atoms with Gasteiger partial charge in [-0.2, -0.15) is 0 Å². The van der Waals surface area contributed by atoms with Crippen LogP contribution in [0.2, 0.25) is 0 Å². The Morgan fingerprint density at radius 3 is 2.56 bits per heavy atom. The van der Waals surface area contributed by atoms with Crippen LogP contribution in [0, 0.1) is 5.92 Å². The van der Waals surface area contributed by atoms with E-state index in [0.717, 1.165) is 11.4 Å². The lowest BCUT2D eigenvalue weighted by Crippen LogP contribution is -2.38. The summed E-state index contributed by atoms with van der Waals surface area (Å²) in [6.45, 7) is 8.24. The van der Waals surface area contributed by atoms with Crippen molar-refractivity contribution in [3.8, 4) is 0 Å². The number of likely N-dealkylation sites (N-methyl/N-ethyl adjacent to an activating group) is 1. The first-order chi connectivity index (χ1) is 12.7. The van der Waals surface area contributed by atoms with Crippen molar-refractivity contribution in [2.75, 3.05) is 37.4 Å². The fraction of sp³-hybridized carbons (Fsp3) is 0.619. The fourth-order valence-corrected chi connectivity index (χ4v) is 3.79. The molecule has 0 unspecified atom stereocenters. The molecule has 150 valence electrons. The molecule has 6 heteroatoms. The third-order valence-electron chi connectivity index (χ3n) is 5.11. The van der Waals surface area contributed by atoms with Crippen molar-refractivity contribution in [2.45, 2.75) is 51.6 Å². The van der Waals surface area contributed by atoms with E-state index in [2.05, 4.69) is 22.3 Å². The molecule has 1 aromatic carbocycles. The molecular formula is C21H34N4O2.